The molecule has 1 aliphatic carbocycles. The molecule has 2 aromatic carbocycles. The maximum Gasteiger partial charge on any atom is 0.417 e. The van der Waals surface area contributed by atoms with E-state index >= 15 is 4.39 Å². The first-order chi connectivity index (χ1) is 20.7. The van der Waals surface area contributed by atoms with E-state index in [1.165, 1.54) is 10.4 Å². The quantitative estimate of drug-likeness (QED) is 0.325. The summed E-state index contributed by atoms with van der Waals surface area (Å²) in [7, 11) is -5.00. The molecule has 44 heavy (non-hydrogen) atoms. The molecule has 3 aliphatic rings. The lowest BCUT2D eigenvalue weighted by atomic mass is 9.70. The van der Waals surface area contributed by atoms with Gasteiger partial charge in [0.05, 0.1) is 40.0 Å². The molecule has 3 aromatic rings. The first-order valence-corrected chi connectivity index (χ1v) is 16.8. The van der Waals surface area contributed by atoms with Crippen molar-refractivity contribution in [2.45, 2.75) is 54.8 Å². The van der Waals surface area contributed by atoms with Gasteiger partial charge in [-0.25, -0.2) is 21.6 Å². The molecular weight excluding hydrogens is 630 g/mol. The molecule has 0 bridgehead atoms. The average molecular weight is 657 g/mol. The number of nitrogens with one attached hydrogen (secondary N) is 2. The first-order valence-electron chi connectivity index (χ1n) is 13.8. The number of hydrogen-bond donors (Lipinski definition) is 2. The Bertz CT molecular complexity index is 1770. The van der Waals surface area contributed by atoms with Gasteiger partial charge in [0.15, 0.2) is 0 Å². The fourth-order valence-corrected chi connectivity index (χ4v) is 9.59. The van der Waals surface area contributed by atoms with E-state index in [0.29, 0.717) is 43.4 Å². The Morgan fingerprint density at radius 2 is 1.73 bits per heavy atom. The number of anilines is 1. The molecule has 0 radical (unpaired) electrons. The van der Waals surface area contributed by atoms with Crippen LogP contribution < -0.4 is 9.62 Å². The summed E-state index contributed by atoms with van der Waals surface area (Å²) < 4.78 is 121. The summed E-state index contributed by atoms with van der Waals surface area (Å²) in [6.07, 6.45) is -2.30. The van der Waals surface area contributed by atoms with Crippen molar-refractivity contribution in [3.8, 4) is 0 Å². The molecule has 2 aliphatic heterocycles. The van der Waals surface area contributed by atoms with Crippen LogP contribution in [0.3, 0.4) is 0 Å². The zero-order chi connectivity index (χ0) is 31.6. The highest BCUT2D eigenvalue weighted by atomic mass is 32.2. The van der Waals surface area contributed by atoms with Gasteiger partial charge >= 0.3 is 6.18 Å². The first kappa shape index (κ1) is 30.6. The Balaban J connectivity index is 1.40. The second-order valence-electron chi connectivity index (χ2n) is 11.2. The topological polar surface area (TPSA) is 103 Å². The Labute approximate surface area is 251 Å². The molecule has 1 amide bonds. The maximum atomic E-state index is 16.6. The predicted molar refractivity (Wildman–Crippen MR) is 150 cm³/mol. The number of alkyl halides is 3. The van der Waals surface area contributed by atoms with E-state index in [1.54, 1.807) is 0 Å². The van der Waals surface area contributed by atoms with Crippen molar-refractivity contribution in [1.82, 2.24) is 10.3 Å². The summed E-state index contributed by atoms with van der Waals surface area (Å²) in [6.45, 7) is -0.623. The number of aromatic nitrogens is 1. The van der Waals surface area contributed by atoms with Gasteiger partial charge in [-0.1, -0.05) is 0 Å². The highest BCUT2D eigenvalue weighted by Gasteiger charge is 2.61. The van der Waals surface area contributed by atoms with Crippen LogP contribution in [0.1, 0.15) is 52.9 Å². The summed E-state index contributed by atoms with van der Waals surface area (Å²) in [5.41, 5.74) is -3.11. The normalized spacial score (nSPS) is 23.5. The summed E-state index contributed by atoms with van der Waals surface area (Å²) in [4.78, 5) is 16.5. The average Bonchev–Trinajstić information content (AvgIpc) is 3.76. The Morgan fingerprint density at radius 3 is 2.32 bits per heavy atom. The third-order valence-electron chi connectivity index (χ3n) is 8.61. The minimum Gasteiger partial charge on any atom is -0.346 e. The fraction of sp³-hybridized carbons (Fsp3) is 0.379. The molecule has 7 nitrogen and oxygen atoms in total. The number of fused-ring (bicyclic) bond motifs is 2. The van der Waals surface area contributed by atoms with Gasteiger partial charge in [-0.15, -0.1) is 10.7 Å². The number of carbonyl (C=O) groups excluding carboxylic acids is 1. The molecular formula is C29H26F6N4O3S2. The van der Waals surface area contributed by atoms with Crippen LogP contribution in [0.2, 0.25) is 0 Å². The van der Waals surface area contributed by atoms with Gasteiger partial charge < -0.3 is 5.32 Å². The molecule has 6 rings (SSSR count). The standard InChI is InChI=1S/C29H26F6N4O3S2/c30-18-3-5-19(6-4-18)44(41,42)39-23-8-7-20(27(40)38-15-22-21(31)13-17(14-37-22)29(33,34)35)25(32)24(23)28(26(39)16-1-2-16)9-11-43(36)12-10-28/h3-8,13-14,16,26,36H,1-2,9-12,15H2,(H,38,40). The van der Waals surface area contributed by atoms with Crippen molar-refractivity contribution in [2.24, 2.45) is 5.92 Å². The molecule has 1 atom stereocenters. The van der Waals surface area contributed by atoms with Crippen LogP contribution in [0.15, 0.2) is 53.6 Å². The Morgan fingerprint density at radius 1 is 1.07 bits per heavy atom. The number of amides is 1. The number of rotatable bonds is 6. The van der Waals surface area contributed by atoms with E-state index in [4.69, 9.17) is 4.78 Å². The van der Waals surface area contributed by atoms with Crippen molar-refractivity contribution < 1.29 is 39.6 Å². The van der Waals surface area contributed by atoms with Crippen molar-refractivity contribution in [3.05, 3.63) is 88.5 Å². The van der Waals surface area contributed by atoms with E-state index in [1.807, 2.05) is 0 Å². The van der Waals surface area contributed by atoms with E-state index < -0.39 is 85.1 Å². The van der Waals surface area contributed by atoms with Gasteiger partial charge in [0, 0.05) is 28.7 Å². The second-order valence-corrected chi connectivity index (χ2v) is 14.9. The zero-order valence-corrected chi connectivity index (χ0v) is 24.6. The van der Waals surface area contributed by atoms with E-state index in [9.17, 15) is 35.2 Å². The summed E-state index contributed by atoms with van der Waals surface area (Å²) in [6, 6.07) is 6.40. The van der Waals surface area contributed by atoms with Crippen molar-refractivity contribution in [1.29, 1.82) is 4.78 Å². The maximum absolute atomic E-state index is 16.6. The highest BCUT2D eigenvalue weighted by Crippen LogP contribution is 2.60. The number of hydrogen-bond acceptors (Lipinski definition) is 5. The minimum atomic E-state index is -4.81. The largest absolute Gasteiger partial charge is 0.417 e. The van der Waals surface area contributed by atoms with Gasteiger partial charge in [-0.3, -0.25) is 18.9 Å². The van der Waals surface area contributed by atoms with Crippen LogP contribution in [0.4, 0.5) is 32.0 Å². The molecule has 234 valence electrons. The van der Waals surface area contributed by atoms with Gasteiger partial charge in [0.1, 0.15) is 17.5 Å². The molecule has 1 saturated carbocycles. The smallest absolute Gasteiger partial charge is 0.346 e. The third-order valence-corrected chi connectivity index (χ3v) is 11.8. The van der Waals surface area contributed by atoms with E-state index in [2.05, 4.69) is 10.3 Å². The summed E-state index contributed by atoms with van der Waals surface area (Å²) >= 11 is 0. The Kier molecular flexibility index (Phi) is 7.54. The lowest BCUT2D eigenvalue weighted by Gasteiger charge is -2.42. The molecule has 1 unspecified atom stereocenters. The summed E-state index contributed by atoms with van der Waals surface area (Å²) in [5.74, 6) is -3.10. The number of carbonyl (C=O) groups is 1. The number of nitrogens with zero attached hydrogens (tertiary/aromatic N) is 2. The lowest BCUT2D eigenvalue weighted by Crippen LogP contribution is -2.51. The molecule has 15 heteroatoms. The molecule has 2 fully saturated rings. The third kappa shape index (κ3) is 5.17. The molecule has 1 aromatic heterocycles. The lowest BCUT2D eigenvalue weighted by molar-refractivity contribution is -0.138. The van der Waals surface area contributed by atoms with Crippen LogP contribution >= 0.6 is 0 Å². The van der Waals surface area contributed by atoms with Gasteiger partial charge in [0.25, 0.3) is 15.9 Å². The monoisotopic (exact) mass is 656 g/mol. The van der Waals surface area contributed by atoms with Gasteiger partial charge in [0.2, 0.25) is 0 Å². The SMILES string of the molecule is N=S1CCC2(CC1)c1c(ccc(C(=O)NCc3ncc(C(F)(F)F)cc3F)c1F)N(S(=O)(=O)c1ccc(F)cc1)C2C1CC1. The van der Waals surface area contributed by atoms with Crippen LogP contribution in [0.25, 0.3) is 0 Å². The Hall–Kier alpha value is -3.46. The number of benzene rings is 2. The van der Waals surface area contributed by atoms with Crippen LogP contribution in [-0.4, -0.2) is 36.9 Å². The van der Waals surface area contributed by atoms with Gasteiger partial charge in [-0.2, -0.15) is 13.2 Å². The van der Waals surface area contributed by atoms with E-state index in [-0.39, 0.29) is 28.1 Å². The molecule has 3 heterocycles. The van der Waals surface area contributed by atoms with E-state index in [0.717, 1.165) is 30.3 Å². The van der Waals surface area contributed by atoms with Crippen molar-refractivity contribution >= 4 is 32.3 Å². The fourth-order valence-electron chi connectivity index (χ4n) is 6.37. The number of sulfonamides is 1. The molecule has 2 N–H and O–H groups in total. The number of halogens is 6. The predicted octanol–water partition coefficient (Wildman–Crippen LogP) is 5.85. The molecule has 1 saturated heterocycles. The highest BCUT2D eigenvalue weighted by molar-refractivity contribution is 7.93. The second kappa shape index (κ2) is 10.9. The molecule has 1 spiro atoms. The van der Waals surface area contributed by atoms with Crippen molar-refractivity contribution in [2.75, 3.05) is 15.8 Å². The van der Waals surface area contributed by atoms with Crippen LogP contribution in [0.5, 0.6) is 0 Å². The van der Waals surface area contributed by atoms with Crippen molar-refractivity contribution in [3.63, 3.8) is 0 Å². The van der Waals surface area contributed by atoms with Crippen LogP contribution in [-0.2, 0) is 38.9 Å². The number of pyridine rings is 1. The van der Waals surface area contributed by atoms with Gasteiger partial charge in [-0.05, 0) is 74.1 Å². The minimum absolute atomic E-state index is 0.0586. The summed E-state index contributed by atoms with van der Waals surface area (Å²) in [5, 5.41) is 2.30. The zero-order valence-electron chi connectivity index (χ0n) is 22.9. The van der Waals surface area contributed by atoms with Crippen LogP contribution in [0, 0.1) is 28.1 Å².